The molecule has 2 aliphatic heterocycles. The van der Waals surface area contributed by atoms with Crippen LogP contribution < -0.4 is 10.1 Å². The van der Waals surface area contributed by atoms with Gasteiger partial charge in [-0.2, -0.15) is 0 Å². The summed E-state index contributed by atoms with van der Waals surface area (Å²) in [6.07, 6.45) is 2.66. The molecule has 1 amide bonds. The average Bonchev–Trinajstić information content (AvgIpc) is 3.27. The lowest BCUT2D eigenvalue weighted by Gasteiger charge is -2.37. The van der Waals surface area contributed by atoms with E-state index in [9.17, 15) is 4.79 Å². The molecule has 31 heavy (non-hydrogen) atoms. The van der Waals surface area contributed by atoms with Crippen LogP contribution in [0.2, 0.25) is 0 Å². The Kier molecular flexibility index (Phi) is 6.56. The van der Waals surface area contributed by atoms with Crippen molar-refractivity contribution in [1.82, 2.24) is 5.32 Å². The van der Waals surface area contributed by atoms with Crippen molar-refractivity contribution >= 4 is 11.6 Å². The topological polar surface area (TPSA) is 69.2 Å². The molecule has 0 radical (unpaired) electrons. The van der Waals surface area contributed by atoms with Crippen LogP contribution >= 0.6 is 0 Å². The van der Waals surface area contributed by atoms with Gasteiger partial charge in [-0.25, -0.2) is 0 Å². The molecule has 4 rings (SSSR count). The fourth-order valence-electron chi connectivity index (χ4n) is 4.29. The molecule has 0 spiro atoms. The Morgan fingerprint density at radius 2 is 1.84 bits per heavy atom. The zero-order chi connectivity index (χ0) is 21.7. The van der Waals surface area contributed by atoms with E-state index in [0.717, 1.165) is 29.0 Å². The van der Waals surface area contributed by atoms with Crippen LogP contribution in [0.1, 0.15) is 42.4 Å². The van der Waals surface area contributed by atoms with E-state index in [4.69, 9.17) is 14.3 Å². The number of carbonyl (C=O) groups excluding carboxylic acids is 1. The number of rotatable bonds is 7. The van der Waals surface area contributed by atoms with Crippen LogP contribution in [0.25, 0.3) is 0 Å². The summed E-state index contributed by atoms with van der Waals surface area (Å²) < 4.78 is 10.8. The van der Waals surface area contributed by atoms with E-state index in [2.05, 4.69) is 41.7 Å². The SMILES string of the molecule is COc1ccc(CNC(=O)C2(C[C@H]3CC(c4ccc(C)cc4)=NO3)CCOCC2)cc1. The second-order valence-electron chi connectivity index (χ2n) is 8.46. The first-order valence-corrected chi connectivity index (χ1v) is 10.9. The third-order valence-corrected chi connectivity index (χ3v) is 6.28. The van der Waals surface area contributed by atoms with Gasteiger partial charge in [0.25, 0.3) is 0 Å². The molecule has 2 aromatic rings. The van der Waals surface area contributed by atoms with Crippen molar-refractivity contribution in [3.05, 3.63) is 65.2 Å². The average molecular weight is 423 g/mol. The van der Waals surface area contributed by atoms with E-state index < -0.39 is 5.41 Å². The Labute approximate surface area is 183 Å². The lowest BCUT2D eigenvalue weighted by atomic mass is 9.74. The van der Waals surface area contributed by atoms with Crippen molar-refractivity contribution in [3.63, 3.8) is 0 Å². The van der Waals surface area contributed by atoms with Gasteiger partial charge in [-0.15, -0.1) is 0 Å². The largest absolute Gasteiger partial charge is 0.497 e. The molecule has 2 aliphatic rings. The van der Waals surface area contributed by atoms with Crippen molar-refractivity contribution in [1.29, 1.82) is 0 Å². The van der Waals surface area contributed by atoms with Gasteiger partial charge in [0.1, 0.15) is 11.9 Å². The number of methoxy groups -OCH3 is 1. The van der Waals surface area contributed by atoms with E-state index in [1.807, 2.05) is 24.3 Å². The summed E-state index contributed by atoms with van der Waals surface area (Å²) >= 11 is 0. The van der Waals surface area contributed by atoms with Crippen LogP contribution in [0.3, 0.4) is 0 Å². The molecule has 1 fully saturated rings. The maximum atomic E-state index is 13.3. The standard InChI is InChI=1S/C25H30N2O4/c1-18-3-7-20(8-4-18)23-15-22(31-27-23)16-25(11-13-30-14-12-25)24(28)26-17-19-5-9-21(29-2)10-6-19/h3-10,22H,11-17H2,1-2H3,(H,26,28)/t22-/m1/s1. The predicted molar refractivity (Wildman–Crippen MR) is 119 cm³/mol. The van der Waals surface area contributed by atoms with E-state index >= 15 is 0 Å². The van der Waals surface area contributed by atoms with Crippen LogP contribution in [-0.4, -0.2) is 38.0 Å². The summed E-state index contributed by atoms with van der Waals surface area (Å²) in [5.74, 6) is 0.873. The van der Waals surface area contributed by atoms with Gasteiger partial charge in [0.2, 0.25) is 5.91 Å². The highest BCUT2D eigenvalue weighted by atomic mass is 16.6. The number of oxime groups is 1. The van der Waals surface area contributed by atoms with Gasteiger partial charge in [0.15, 0.2) is 0 Å². The zero-order valence-corrected chi connectivity index (χ0v) is 18.2. The minimum absolute atomic E-state index is 0.0685. The molecule has 0 aromatic heterocycles. The molecular formula is C25H30N2O4. The molecule has 0 bridgehead atoms. The van der Waals surface area contributed by atoms with Crippen molar-refractivity contribution in [2.45, 2.75) is 45.3 Å². The van der Waals surface area contributed by atoms with Gasteiger partial charge < -0.3 is 19.6 Å². The smallest absolute Gasteiger partial charge is 0.226 e. The first-order chi connectivity index (χ1) is 15.1. The Hall–Kier alpha value is -2.86. The summed E-state index contributed by atoms with van der Waals surface area (Å²) in [5, 5.41) is 7.47. The highest BCUT2D eigenvalue weighted by Crippen LogP contribution is 2.38. The molecule has 1 N–H and O–H groups in total. The van der Waals surface area contributed by atoms with Crippen molar-refractivity contribution in [2.75, 3.05) is 20.3 Å². The van der Waals surface area contributed by atoms with Gasteiger partial charge in [-0.3, -0.25) is 4.79 Å². The Morgan fingerprint density at radius 1 is 1.13 bits per heavy atom. The molecule has 6 nitrogen and oxygen atoms in total. The highest BCUT2D eigenvalue weighted by Gasteiger charge is 2.43. The third kappa shape index (κ3) is 5.07. The number of nitrogens with one attached hydrogen (secondary N) is 1. The summed E-state index contributed by atoms with van der Waals surface area (Å²) in [5.41, 5.74) is 3.80. The lowest BCUT2D eigenvalue weighted by Crippen LogP contribution is -2.46. The second-order valence-corrected chi connectivity index (χ2v) is 8.46. The maximum Gasteiger partial charge on any atom is 0.226 e. The Bertz CT molecular complexity index is 916. The molecule has 1 atom stereocenters. The zero-order valence-electron chi connectivity index (χ0n) is 18.2. The van der Waals surface area contributed by atoms with Crippen molar-refractivity contribution in [3.8, 4) is 5.75 Å². The predicted octanol–water partition coefficient (Wildman–Crippen LogP) is 4.00. The monoisotopic (exact) mass is 422 g/mol. The van der Waals surface area contributed by atoms with E-state index in [0.29, 0.717) is 39.0 Å². The number of hydrogen-bond acceptors (Lipinski definition) is 5. The minimum Gasteiger partial charge on any atom is -0.497 e. The fourth-order valence-corrected chi connectivity index (χ4v) is 4.29. The normalized spacial score (nSPS) is 19.9. The van der Waals surface area contributed by atoms with E-state index in [-0.39, 0.29) is 12.0 Å². The fraction of sp³-hybridized carbons (Fsp3) is 0.440. The summed E-state index contributed by atoms with van der Waals surface area (Å²) in [6.45, 7) is 3.74. The number of hydrogen-bond donors (Lipinski definition) is 1. The number of amides is 1. The molecular weight excluding hydrogens is 392 g/mol. The van der Waals surface area contributed by atoms with Crippen LogP contribution in [0.5, 0.6) is 5.75 Å². The second kappa shape index (κ2) is 9.52. The molecule has 2 aromatic carbocycles. The number of nitrogens with zero attached hydrogens (tertiary/aromatic N) is 1. The lowest BCUT2D eigenvalue weighted by molar-refractivity contribution is -0.140. The molecule has 2 heterocycles. The number of ether oxygens (including phenoxy) is 2. The summed E-state index contributed by atoms with van der Waals surface area (Å²) in [7, 11) is 1.64. The van der Waals surface area contributed by atoms with E-state index in [1.54, 1.807) is 7.11 Å². The molecule has 164 valence electrons. The first kappa shape index (κ1) is 21.4. The van der Waals surface area contributed by atoms with Gasteiger partial charge in [-0.05, 0) is 43.0 Å². The summed E-state index contributed by atoms with van der Waals surface area (Å²) in [4.78, 5) is 19.1. The van der Waals surface area contributed by atoms with Gasteiger partial charge in [-0.1, -0.05) is 47.1 Å². The van der Waals surface area contributed by atoms with Gasteiger partial charge >= 0.3 is 0 Å². The number of carbonyl (C=O) groups is 1. The number of aryl methyl sites for hydroxylation is 1. The highest BCUT2D eigenvalue weighted by molar-refractivity contribution is 6.01. The summed E-state index contributed by atoms with van der Waals surface area (Å²) in [6, 6.07) is 16.1. The quantitative estimate of drug-likeness (QED) is 0.732. The van der Waals surface area contributed by atoms with Crippen molar-refractivity contribution in [2.24, 2.45) is 10.6 Å². The van der Waals surface area contributed by atoms with Gasteiger partial charge in [0.05, 0.1) is 18.2 Å². The minimum atomic E-state index is -0.492. The van der Waals surface area contributed by atoms with E-state index in [1.165, 1.54) is 5.56 Å². The Balaban J connectivity index is 1.39. The van der Waals surface area contributed by atoms with Crippen LogP contribution in [-0.2, 0) is 20.9 Å². The Morgan fingerprint density at radius 3 is 2.52 bits per heavy atom. The molecule has 6 heteroatoms. The molecule has 1 saturated heterocycles. The molecule has 0 unspecified atom stereocenters. The van der Waals surface area contributed by atoms with Crippen LogP contribution in [0, 0.1) is 12.3 Å². The maximum absolute atomic E-state index is 13.3. The van der Waals surface area contributed by atoms with Crippen LogP contribution in [0.15, 0.2) is 53.7 Å². The third-order valence-electron chi connectivity index (χ3n) is 6.28. The molecule has 0 aliphatic carbocycles. The van der Waals surface area contributed by atoms with Crippen LogP contribution in [0.4, 0.5) is 0 Å². The first-order valence-electron chi connectivity index (χ1n) is 10.9. The molecule has 0 saturated carbocycles. The van der Waals surface area contributed by atoms with Gasteiger partial charge in [0, 0.05) is 32.6 Å². The van der Waals surface area contributed by atoms with Crippen molar-refractivity contribution < 1.29 is 19.1 Å². The number of benzene rings is 2.